The van der Waals surface area contributed by atoms with Crippen molar-refractivity contribution in [2.45, 2.75) is 38.0 Å². The van der Waals surface area contributed by atoms with Gasteiger partial charge in [-0.3, -0.25) is 4.79 Å². The minimum absolute atomic E-state index is 0.0661. The summed E-state index contributed by atoms with van der Waals surface area (Å²) >= 11 is 0. The molecule has 4 heterocycles. The Morgan fingerprint density at radius 3 is 3.04 bits per heavy atom. The van der Waals surface area contributed by atoms with E-state index in [1.165, 1.54) is 18.3 Å². The minimum Gasteiger partial charge on any atom is -0.468 e. The van der Waals surface area contributed by atoms with Crippen LogP contribution in [0.25, 0.3) is 0 Å². The summed E-state index contributed by atoms with van der Waals surface area (Å²) in [6.45, 7) is 2.71. The van der Waals surface area contributed by atoms with E-state index in [1.54, 1.807) is 24.0 Å². The predicted octanol–water partition coefficient (Wildman–Crippen LogP) is 2.57. The molecule has 2 aromatic heterocycles. The molecule has 0 N–H and O–H groups in total. The van der Waals surface area contributed by atoms with Crippen LogP contribution in [0.5, 0.6) is 5.88 Å². The van der Waals surface area contributed by atoms with Gasteiger partial charge in [0.1, 0.15) is 18.0 Å². The van der Waals surface area contributed by atoms with Gasteiger partial charge >= 0.3 is 0 Å². The number of hydrogen-bond acceptors (Lipinski definition) is 5. The first-order chi connectivity index (χ1) is 12.1. The molecule has 6 nitrogen and oxygen atoms in total. The van der Waals surface area contributed by atoms with E-state index in [-0.39, 0.29) is 23.9 Å². The summed E-state index contributed by atoms with van der Waals surface area (Å²) in [4.78, 5) is 18.5. The Hall–Kier alpha value is -2.41. The fourth-order valence-corrected chi connectivity index (χ4v) is 3.54. The molecule has 0 spiro atoms. The van der Waals surface area contributed by atoms with Crippen molar-refractivity contribution >= 4 is 5.91 Å². The van der Waals surface area contributed by atoms with E-state index in [0.717, 1.165) is 12.8 Å². The quantitative estimate of drug-likeness (QED) is 0.855. The van der Waals surface area contributed by atoms with E-state index in [0.29, 0.717) is 24.7 Å². The van der Waals surface area contributed by atoms with Crippen LogP contribution in [0.4, 0.5) is 4.39 Å². The van der Waals surface area contributed by atoms with Crippen LogP contribution in [0, 0.1) is 12.7 Å². The summed E-state index contributed by atoms with van der Waals surface area (Å²) in [7, 11) is 0. The molecule has 2 aliphatic heterocycles. The van der Waals surface area contributed by atoms with Gasteiger partial charge in [0.05, 0.1) is 12.6 Å². The third-order valence-electron chi connectivity index (χ3n) is 4.68. The second kappa shape index (κ2) is 6.48. The van der Waals surface area contributed by atoms with Crippen molar-refractivity contribution < 1.29 is 23.1 Å². The van der Waals surface area contributed by atoms with Crippen molar-refractivity contribution in [2.24, 2.45) is 0 Å². The van der Waals surface area contributed by atoms with E-state index >= 15 is 0 Å². The number of amides is 1. The largest absolute Gasteiger partial charge is 0.468 e. The number of furan rings is 1. The van der Waals surface area contributed by atoms with Gasteiger partial charge in [-0.25, -0.2) is 9.37 Å². The van der Waals surface area contributed by atoms with Crippen molar-refractivity contribution in [1.82, 2.24) is 9.88 Å². The second-order valence-corrected chi connectivity index (χ2v) is 6.36. The highest BCUT2D eigenvalue weighted by molar-refractivity contribution is 5.92. The molecule has 4 rings (SSSR count). The summed E-state index contributed by atoms with van der Waals surface area (Å²) in [6, 6.07) is 6.12. The molecule has 0 aliphatic carbocycles. The maximum absolute atomic E-state index is 13.9. The average Bonchev–Trinajstić information content (AvgIpc) is 3.21. The van der Waals surface area contributed by atoms with Crippen molar-refractivity contribution in [3.63, 3.8) is 0 Å². The Morgan fingerprint density at radius 1 is 1.40 bits per heavy atom. The number of carbonyl (C=O) groups is 1. The van der Waals surface area contributed by atoms with Gasteiger partial charge in [-0.1, -0.05) is 0 Å². The van der Waals surface area contributed by atoms with Crippen LogP contribution in [-0.4, -0.2) is 47.2 Å². The summed E-state index contributed by atoms with van der Waals surface area (Å²) in [5.74, 6) is 0.194. The molecule has 0 saturated carbocycles. The van der Waals surface area contributed by atoms with E-state index in [9.17, 15) is 9.18 Å². The third kappa shape index (κ3) is 3.00. The van der Waals surface area contributed by atoms with E-state index in [2.05, 4.69) is 4.98 Å². The Morgan fingerprint density at radius 2 is 2.28 bits per heavy atom. The number of nitrogens with zero attached hydrogens (tertiary/aromatic N) is 2. The van der Waals surface area contributed by atoms with Gasteiger partial charge in [0.15, 0.2) is 11.6 Å². The maximum Gasteiger partial charge on any atom is 0.290 e. The number of fused-ring (bicyclic) bond motifs is 1. The van der Waals surface area contributed by atoms with E-state index in [1.807, 2.05) is 0 Å². The summed E-state index contributed by atoms with van der Waals surface area (Å²) < 4.78 is 30.9. The molecule has 0 aromatic carbocycles. The van der Waals surface area contributed by atoms with Crippen LogP contribution in [0.1, 0.15) is 29.2 Å². The Kier molecular flexibility index (Phi) is 4.17. The van der Waals surface area contributed by atoms with Crippen LogP contribution in [0.3, 0.4) is 0 Å². The fraction of sp³-hybridized carbons (Fsp3) is 0.444. The third-order valence-corrected chi connectivity index (χ3v) is 4.68. The van der Waals surface area contributed by atoms with Crippen LogP contribution in [-0.2, 0) is 4.74 Å². The van der Waals surface area contributed by atoms with Crippen molar-refractivity contribution in [3.05, 3.63) is 47.8 Å². The maximum atomic E-state index is 13.9. The normalized spacial score (nSPS) is 25.7. The molecule has 0 bridgehead atoms. The number of pyridine rings is 1. The zero-order chi connectivity index (χ0) is 17.4. The lowest BCUT2D eigenvalue weighted by atomic mass is 10.0. The molecular formula is C18H19FN2O4. The lowest BCUT2D eigenvalue weighted by Crippen LogP contribution is -2.44. The number of rotatable bonds is 3. The fourth-order valence-electron chi connectivity index (χ4n) is 3.54. The minimum atomic E-state index is -0.527. The zero-order valence-electron chi connectivity index (χ0n) is 13.9. The van der Waals surface area contributed by atoms with Crippen molar-refractivity contribution in [1.29, 1.82) is 0 Å². The molecule has 25 heavy (non-hydrogen) atoms. The lowest BCUT2D eigenvalue weighted by Gasteiger charge is -2.31. The number of ether oxygens (including phenoxy) is 2. The molecular weight excluding hydrogens is 327 g/mol. The van der Waals surface area contributed by atoms with Gasteiger partial charge in [0.2, 0.25) is 0 Å². The highest BCUT2D eigenvalue weighted by Gasteiger charge is 2.48. The SMILES string of the molecule is Cc1ccc(C(=O)N2C[C@H](Oc3ncccc3F)[C@H]3OCCC[C@H]32)o1. The molecule has 0 unspecified atom stereocenters. The van der Waals surface area contributed by atoms with Crippen LogP contribution in [0.2, 0.25) is 0 Å². The molecule has 2 aliphatic rings. The summed E-state index contributed by atoms with van der Waals surface area (Å²) in [5, 5.41) is 0. The van der Waals surface area contributed by atoms with Crippen molar-refractivity contribution in [2.75, 3.05) is 13.2 Å². The van der Waals surface area contributed by atoms with Gasteiger partial charge in [-0.2, -0.15) is 0 Å². The zero-order valence-corrected chi connectivity index (χ0v) is 13.9. The smallest absolute Gasteiger partial charge is 0.290 e. The van der Waals surface area contributed by atoms with Crippen LogP contribution >= 0.6 is 0 Å². The first-order valence-electron chi connectivity index (χ1n) is 8.39. The highest BCUT2D eigenvalue weighted by Crippen LogP contribution is 2.32. The summed E-state index contributed by atoms with van der Waals surface area (Å²) in [5.41, 5.74) is 0. The van der Waals surface area contributed by atoms with Crippen LogP contribution in [0.15, 0.2) is 34.9 Å². The van der Waals surface area contributed by atoms with Gasteiger partial charge in [-0.05, 0) is 44.0 Å². The van der Waals surface area contributed by atoms with Gasteiger partial charge < -0.3 is 18.8 Å². The first-order valence-corrected chi connectivity index (χ1v) is 8.39. The van der Waals surface area contributed by atoms with Gasteiger partial charge in [0.25, 0.3) is 11.8 Å². The van der Waals surface area contributed by atoms with Gasteiger partial charge in [0, 0.05) is 12.8 Å². The average molecular weight is 346 g/mol. The second-order valence-electron chi connectivity index (χ2n) is 6.36. The predicted molar refractivity (Wildman–Crippen MR) is 85.9 cm³/mol. The van der Waals surface area contributed by atoms with Crippen molar-refractivity contribution in [3.8, 4) is 5.88 Å². The first kappa shape index (κ1) is 16.1. The van der Waals surface area contributed by atoms with E-state index < -0.39 is 11.9 Å². The Labute approximate surface area is 144 Å². The number of carbonyl (C=O) groups excluding carboxylic acids is 1. The molecule has 2 aromatic rings. The standard InChI is InChI=1S/C18H19FN2O4/c1-11-6-7-14(24-11)18(22)21-10-15(16-13(21)5-3-9-23-16)25-17-12(19)4-2-8-20-17/h2,4,6-8,13,15-16H,3,5,9-10H2,1H3/t13-,15+,16+/m1/s1. The number of aryl methyl sites for hydroxylation is 1. The Bertz CT molecular complexity index is 778. The van der Waals surface area contributed by atoms with E-state index in [4.69, 9.17) is 13.9 Å². The monoisotopic (exact) mass is 346 g/mol. The molecule has 1 amide bonds. The molecule has 7 heteroatoms. The summed E-state index contributed by atoms with van der Waals surface area (Å²) in [6.07, 6.45) is 2.40. The highest BCUT2D eigenvalue weighted by atomic mass is 19.1. The molecule has 0 radical (unpaired) electrons. The molecule has 2 saturated heterocycles. The molecule has 2 fully saturated rings. The number of likely N-dealkylation sites (tertiary alicyclic amines) is 1. The van der Waals surface area contributed by atoms with Crippen LogP contribution < -0.4 is 4.74 Å². The topological polar surface area (TPSA) is 64.8 Å². The Balaban J connectivity index is 1.57. The van der Waals surface area contributed by atoms with Gasteiger partial charge in [-0.15, -0.1) is 0 Å². The lowest BCUT2D eigenvalue weighted by molar-refractivity contribution is -0.0464. The number of hydrogen-bond donors (Lipinski definition) is 0. The molecule has 3 atom stereocenters. The number of halogens is 1. The number of aromatic nitrogens is 1. The molecule has 132 valence electrons.